The van der Waals surface area contributed by atoms with Gasteiger partial charge in [-0.05, 0) is 49.2 Å². The molecule has 0 fully saturated rings. The molecule has 0 atom stereocenters. The van der Waals surface area contributed by atoms with Crippen LogP contribution in [0, 0.1) is 6.92 Å². The predicted molar refractivity (Wildman–Crippen MR) is 114 cm³/mol. The largest absolute Gasteiger partial charge is 0.349 e. The fourth-order valence-electron chi connectivity index (χ4n) is 2.89. The number of nitrogens with zero attached hydrogens (tertiary/aromatic N) is 3. The van der Waals surface area contributed by atoms with Crippen LogP contribution in [0.5, 0.6) is 0 Å². The number of rotatable bonds is 6. The SMILES string of the molecule is Cc1ccc(-c2cccc(C(=O)Nc3ccccc3CCC(=O)N(C)C)c2)nn1. The number of aryl methyl sites for hydroxylation is 2. The number of hydrogen-bond donors (Lipinski definition) is 1. The number of carbonyl (C=O) groups excluding carboxylic acids is 2. The topological polar surface area (TPSA) is 75.2 Å². The Balaban J connectivity index is 1.76. The van der Waals surface area contributed by atoms with Crippen LogP contribution in [0.15, 0.2) is 60.7 Å². The molecule has 0 aliphatic heterocycles. The molecule has 2 amide bonds. The molecule has 148 valence electrons. The minimum Gasteiger partial charge on any atom is -0.349 e. The van der Waals surface area contributed by atoms with Crippen molar-refractivity contribution in [1.29, 1.82) is 0 Å². The Labute approximate surface area is 170 Å². The van der Waals surface area contributed by atoms with Crippen molar-refractivity contribution >= 4 is 17.5 Å². The van der Waals surface area contributed by atoms with Gasteiger partial charge in [0.15, 0.2) is 0 Å². The molecular weight excluding hydrogens is 364 g/mol. The molecule has 1 heterocycles. The zero-order valence-electron chi connectivity index (χ0n) is 16.8. The summed E-state index contributed by atoms with van der Waals surface area (Å²) in [7, 11) is 3.48. The van der Waals surface area contributed by atoms with Gasteiger partial charge in [-0.3, -0.25) is 9.59 Å². The summed E-state index contributed by atoms with van der Waals surface area (Å²) in [6.45, 7) is 1.88. The van der Waals surface area contributed by atoms with Gasteiger partial charge in [-0.25, -0.2) is 0 Å². The molecule has 0 aliphatic rings. The van der Waals surface area contributed by atoms with E-state index in [-0.39, 0.29) is 11.8 Å². The second-order valence-electron chi connectivity index (χ2n) is 7.04. The summed E-state index contributed by atoms with van der Waals surface area (Å²) >= 11 is 0. The van der Waals surface area contributed by atoms with E-state index in [2.05, 4.69) is 15.5 Å². The third-order valence-electron chi connectivity index (χ3n) is 4.59. The highest BCUT2D eigenvalue weighted by molar-refractivity contribution is 6.05. The van der Waals surface area contributed by atoms with Crippen molar-refractivity contribution < 1.29 is 9.59 Å². The van der Waals surface area contributed by atoms with Crippen LogP contribution in [0.1, 0.15) is 28.0 Å². The molecule has 2 aromatic carbocycles. The predicted octanol–water partition coefficient (Wildman–Crippen LogP) is 3.73. The Morgan fingerprint density at radius 3 is 2.48 bits per heavy atom. The minimum absolute atomic E-state index is 0.0537. The lowest BCUT2D eigenvalue weighted by molar-refractivity contribution is -0.128. The van der Waals surface area contributed by atoms with Gasteiger partial charge in [0.2, 0.25) is 5.91 Å². The Hall–Kier alpha value is -3.54. The average molecular weight is 388 g/mol. The van der Waals surface area contributed by atoms with E-state index in [0.29, 0.717) is 29.8 Å². The van der Waals surface area contributed by atoms with E-state index in [0.717, 1.165) is 16.8 Å². The number of para-hydroxylation sites is 1. The maximum Gasteiger partial charge on any atom is 0.255 e. The van der Waals surface area contributed by atoms with E-state index in [4.69, 9.17) is 0 Å². The fraction of sp³-hybridized carbons (Fsp3) is 0.217. The van der Waals surface area contributed by atoms with Crippen LogP contribution in [0.3, 0.4) is 0 Å². The van der Waals surface area contributed by atoms with Crippen molar-refractivity contribution in [3.63, 3.8) is 0 Å². The number of anilines is 1. The zero-order chi connectivity index (χ0) is 20.8. The molecule has 6 nitrogen and oxygen atoms in total. The molecule has 1 N–H and O–H groups in total. The lowest BCUT2D eigenvalue weighted by atomic mass is 10.1. The van der Waals surface area contributed by atoms with Crippen LogP contribution in [0.25, 0.3) is 11.3 Å². The Kier molecular flexibility index (Phi) is 6.34. The minimum atomic E-state index is -0.210. The third kappa shape index (κ3) is 5.25. The van der Waals surface area contributed by atoms with Gasteiger partial charge in [0.1, 0.15) is 0 Å². The normalized spacial score (nSPS) is 10.4. The second kappa shape index (κ2) is 9.10. The molecule has 0 spiro atoms. The monoisotopic (exact) mass is 388 g/mol. The van der Waals surface area contributed by atoms with E-state index in [1.807, 2.05) is 55.5 Å². The van der Waals surface area contributed by atoms with Gasteiger partial charge in [0, 0.05) is 37.3 Å². The van der Waals surface area contributed by atoms with E-state index < -0.39 is 0 Å². The number of benzene rings is 2. The Morgan fingerprint density at radius 1 is 0.966 bits per heavy atom. The van der Waals surface area contributed by atoms with Crippen LogP contribution in [0.4, 0.5) is 5.69 Å². The number of nitrogens with one attached hydrogen (secondary N) is 1. The summed E-state index contributed by atoms with van der Waals surface area (Å²) in [6.07, 6.45) is 0.952. The molecule has 0 saturated heterocycles. The zero-order valence-corrected chi connectivity index (χ0v) is 16.8. The van der Waals surface area contributed by atoms with Gasteiger partial charge in [0.05, 0.1) is 11.4 Å². The average Bonchev–Trinajstić information content (AvgIpc) is 2.73. The van der Waals surface area contributed by atoms with Gasteiger partial charge < -0.3 is 10.2 Å². The second-order valence-corrected chi connectivity index (χ2v) is 7.04. The van der Waals surface area contributed by atoms with Crippen LogP contribution in [-0.2, 0) is 11.2 Å². The quantitative estimate of drug-likeness (QED) is 0.698. The highest BCUT2D eigenvalue weighted by Crippen LogP contribution is 2.21. The van der Waals surface area contributed by atoms with E-state index in [1.54, 1.807) is 31.1 Å². The molecule has 3 rings (SSSR count). The summed E-state index contributed by atoms with van der Waals surface area (Å²) in [5.41, 5.74) is 4.56. The standard InChI is InChI=1S/C23H24N4O2/c1-16-11-13-21(26-25-16)18-8-6-9-19(15-18)23(29)24-20-10-5-4-7-17(20)12-14-22(28)27(2)3/h4-11,13,15H,12,14H2,1-3H3,(H,24,29). The van der Waals surface area contributed by atoms with Crippen LogP contribution >= 0.6 is 0 Å². The van der Waals surface area contributed by atoms with Crippen molar-refractivity contribution in [2.45, 2.75) is 19.8 Å². The van der Waals surface area contributed by atoms with Crippen LogP contribution < -0.4 is 5.32 Å². The Morgan fingerprint density at radius 2 is 1.76 bits per heavy atom. The molecule has 29 heavy (non-hydrogen) atoms. The first-order chi connectivity index (χ1) is 13.9. The van der Waals surface area contributed by atoms with Crippen molar-refractivity contribution in [2.75, 3.05) is 19.4 Å². The molecule has 0 saturated carbocycles. The molecule has 0 radical (unpaired) electrons. The fourth-order valence-corrected chi connectivity index (χ4v) is 2.89. The van der Waals surface area contributed by atoms with Crippen LogP contribution in [0.2, 0.25) is 0 Å². The number of carbonyl (C=O) groups is 2. The van der Waals surface area contributed by atoms with Crippen molar-refractivity contribution in [1.82, 2.24) is 15.1 Å². The van der Waals surface area contributed by atoms with E-state index in [9.17, 15) is 9.59 Å². The van der Waals surface area contributed by atoms with Gasteiger partial charge >= 0.3 is 0 Å². The molecule has 0 unspecified atom stereocenters. The number of amides is 2. The summed E-state index contributed by atoms with van der Waals surface area (Å²) < 4.78 is 0. The van der Waals surface area contributed by atoms with Gasteiger partial charge in [0.25, 0.3) is 5.91 Å². The molecule has 1 aromatic heterocycles. The van der Waals surface area contributed by atoms with Crippen LogP contribution in [-0.4, -0.2) is 41.0 Å². The summed E-state index contributed by atoms with van der Waals surface area (Å²) in [6, 6.07) is 18.6. The molecular formula is C23H24N4O2. The van der Waals surface area contributed by atoms with Gasteiger partial charge in [-0.1, -0.05) is 30.3 Å². The molecule has 3 aromatic rings. The van der Waals surface area contributed by atoms with Crippen molar-refractivity contribution in [2.24, 2.45) is 0 Å². The maximum absolute atomic E-state index is 12.8. The lowest BCUT2D eigenvalue weighted by Crippen LogP contribution is -2.22. The smallest absolute Gasteiger partial charge is 0.255 e. The first-order valence-corrected chi connectivity index (χ1v) is 9.44. The van der Waals surface area contributed by atoms with Gasteiger partial charge in [-0.2, -0.15) is 10.2 Å². The van der Waals surface area contributed by atoms with E-state index >= 15 is 0 Å². The number of aromatic nitrogens is 2. The highest BCUT2D eigenvalue weighted by atomic mass is 16.2. The number of hydrogen-bond acceptors (Lipinski definition) is 4. The van der Waals surface area contributed by atoms with Crippen molar-refractivity contribution in [3.8, 4) is 11.3 Å². The summed E-state index contributed by atoms with van der Waals surface area (Å²) in [4.78, 5) is 26.3. The summed E-state index contributed by atoms with van der Waals surface area (Å²) in [5.74, 6) is -0.156. The highest BCUT2D eigenvalue weighted by Gasteiger charge is 2.12. The maximum atomic E-state index is 12.8. The van der Waals surface area contributed by atoms with Gasteiger partial charge in [-0.15, -0.1) is 0 Å². The molecule has 0 bridgehead atoms. The van der Waals surface area contributed by atoms with Crippen molar-refractivity contribution in [3.05, 3.63) is 77.5 Å². The van der Waals surface area contributed by atoms with E-state index in [1.165, 1.54) is 0 Å². The Bertz CT molecular complexity index is 1010. The summed E-state index contributed by atoms with van der Waals surface area (Å²) in [5, 5.41) is 11.2. The molecule has 6 heteroatoms. The first-order valence-electron chi connectivity index (χ1n) is 9.44. The first kappa shape index (κ1) is 20.2. The molecule has 0 aliphatic carbocycles. The lowest BCUT2D eigenvalue weighted by Gasteiger charge is -2.13. The third-order valence-corrected chi connectivity index (χ3v) is 4.59.